The summed E-state index contributed by atoms with van der Waals surface area (Å²) in [6.07, 6.45) is 0. The fraction of sp³-hybridized carbons (Fsp3) is 0.458. The van der Waals surface area contributed by atoms with Crippen LogP contribution < -0.4 is 20.3 Å². The quantitative estimate of drug-likeness (QED) is 0.748. The summed E-state index contributed by atoms with van der Waals surface area (Å²) in [7, 11) is -0.574. The predicted octanol–water partition coefficient (Wildman–Crippen LogP) is 4.26. The first-order valence-corrected chi connectivity index (χ1v) is 10.6. The largest absolute Gasteiger partial charge is 0.498 e. The maximum atomic E-state index is 12.8. The average molecular weight is 423 g/mol. The topological polar surface area (TPSA) is 66.0 Å². The van der Waals surface area contributed by atoms with Crippen molar-refractivity contribution >= 4 is 24.2 Å². The van der Waals surface area contributed by atoms with E-state index >= 15 is 0 Å². The van der Waals surface area contributed by atoms with Crippen LogP contribution in [0.2, 0.25) is 0 Å². The molecule has 2 aliphatic rings. The summed E-state index contributed by atoms with van der Waals surface area (Å²) in [6, 6.07) is 11.3. The highest BCUT2D eigenvalue weighted by atomic mass is 16.7. The average Bonchev–Trinajstić information content (AvgIpc) is 3.24. The summed E-state index contributed by atoms with van der Waals surface area (Å²) in [5.74, 6) is 0.827. The first-order valence-electron chi connectivity index (χ1n) is 10.6. The molecule has 0 radical (unpaired) electrons. The van der Waals surface area contributed by atoms with Crippen LogP contribution in [0.1, 0.15) is 64.4 Å². The summed E-state index contributed by atoms with van der Waals surface area (Å²) < 4.78 is 23.7. The molecule has 1 fully saturated rings. The number of ether oxygens (including phenoxy) is 2. The Balaban J connectivity index is 1.57. The number of benzene rings is 2. The normalized spacial score (nSPS) is 18.9. The van der Waals surface area contributed by atoms with E-state index in [1.807, 2.05) is 58.0 Å². The van der Waals surface area contributed by atoms with Crippen molar-refractivity contribution in [2.45, 2.75) is 65.1 Å². The van der Waals surface area contributed by atoms with E-state index in [0.717, 1.165) is 5.46 Å². The maximum absolute atomic E-state index is 12.8. The third kappa shape index (κ3) is 3.92. The number of carbonyl (C=O) groups excluding carboxylic acids is 1. The monoisotopic (exact) mass is 423 g/mol. The van der Waals surface area contributed by atoms with Crippen LogP contribution in [0.3, 0.4) is 0 Å². The first-order chi connectivity index (χ1) is 14.4. The predicted molar refractivity (Wildman–Crippen MR) is 121 cm³/mol. The number of fused-ring (bicyclic) bond motifs is 1. The summed E-state index contributed by atoms with van der Waals surface area (Å²) in [6.45, 7) is 14.5. The van der Waals surface area contributed by atoms with Gasteiger partial charge < -0.3 is 24.1 Å². The Kier molecular flexibility index (Phi) is 5.10. The molecule has 7 heteroatoms. The highest BCUT2D eigenvalue weighted by molar-refractivity contribution is 6.63. The lowest BCUT2D eigenvalue weighted by atomic mass is 9.78. The molecule has 2 aromatic carbocycles. The lowest BCUT2D eigenvalue weighted by molar-refractivity contribution is 0.00578. The molecule has 0 spiro atoms. The molecule has 4 rings (SSSR count). The number of anilines is 1. The van der Waals surface area contributed by atoms with E-state index < -0.39 is 18.3 Å². The molecule has 0 unspecified atom stereocenters. The molecule has 0 aromatic heterocycles. The molecule has 1 saturated heterocycles. The van der Waals surface area contributed by atoms with Crippen LogP contribution in [-0.2, 0) is 14.7 Å². The lowest BCUT2D eigenvalue weighted by Gasteiger charge is -2.32. The Morgan fingerprint density at radius 3 is 2.06 bits per heavy atom. The van der Waals surface area contributed by atoms with Crippen LogP contribution in [0.4, 0.5) is 5.69 Å². The maximum Gasteiger partial charge on any atom is 0.498 e. The fourth-order valence-corrected chi connectivity index (χ4v) is 3.59. The first kappa shape index (κ1) is 21.7. The summed E-state index contributed by atoms with van der Waals surface area (Å²) in [5.41, 5.74) is 2.16. The Bertz CT molecular complexity index is 992. The van der Waals surface area contributed by atoms with Gasteiger partial charge in [0.05, 0.1) is 16.9 Å². The van der Waals surface area contributed by atoms with Gasteiger partial charge in [-0.3, -0.25) is 4.79 Å². The Morgan fingerprint density at radius 1 is 0.903 bits per heavy atom. The highest BCUT2D eigenvalue weighted by Crippen LogP contribution is 2.42. The van der Waals surface area contributed by atoms with Gasteiger partial charge >= 0.3 is 7.12 Å². The van der Waals surface area contributed by atoms with Crippen LogP contribution in [-0.4, -0.2) is 31.0 Å². The second kappa shape index (κ2) is 7.28. The lowest BCUT2D eigenvalue weighted by Crippen LogP contribution is -2.41. The van der Waals surface area contributed by atoms with Gasteiger partial charge in [-0.15, -0.1) is 0 Å². The standard InChI is InChI=1S/C24H30BNO5/c1-22(2,3)16-10-8-15(9-11-16)21(27)26-18-13-12-17(19-20(18)29-14-28-19)25-30-23(4,5)24(6,7)31-25/h8-13H,14H2,1-7H3,(H,26,27). The number of carbonyl (C=O) groups is 1. The molecule has 2 aliphatic heterocycles. The second-order valence-corrected chi connectivity index (χ2v) is 10.1. The summed E-state index contributed by atoms with van der Waals surface area (Å²) in [5, 5.41) is 2.94. The molecule has 0 saturated carbocycles. The number of rotatable bonds is 3. The Hall–Kier alpha value is -2.51. The number of hydrogen-bond donors (Lipinski definition) is 1. The van der Waals surface area contributed by atoms with Crippen molar-refractivity contribution in [2.24, 2.45) is 0 Å². The van der Waals surface area contributed by atoms with Gasteiger partial charge in [-0.2, -0.15) is 0 Å². The van der Waals surface area contributed by atoms with Gasteiger partial charge in [0, 0.05) is 11.0 Å². The second-order valence-electron chi connectivity index (χ2n) is 10.1. The summed E-state index contributed by atoms with van der Waals surface area (Å²) >= 11 is 0. The minimum Gasteiger partial charge on any atom is -0.454 e. The van der Waals surface area contributed by atoms with Gasteiger partial charge in [-0.25, -0.2) is 0 Å². The van der Waals surface area contributed by atoms with Gasteiger partial charge in [0.2, 0.25) is 6.79 Å². The molecule has 164 valence electrons. The van der Waals surface area contributed by atoms with Crippen molar-refractivity contribution in [3.05, 3.63) is 47.5 Å². The minimum absolute atomic E-state index is 0.0321. The molecule has 31 heavy (non-hydrogen) atoms. The molecule has 1 N–H and O–H groups in total. The van der Waals surface area contributed by atoms with Crippen LogP contribution in [0.15, 0.2) is 36.4 Å². The highest BCUT2D eigenvalue weighted by Gasteiger charge is 2.53. The number of amides is 1. The molecule has 0 atom stereocenters. The zero-order valence-electron chi connectivity index (χ0n) is 19.3. The molecule has 1 amide bonds. The van der Waals surface area contributed by atoms with Crippen LogP contribution in [0.5, 0.6) is 11.5 Å². The molecule has 2 aromatic rings. The van der Waals surface area contributed by atoms with E-state index in [9.17, 15) is 4.79 Å². The zero-order chi connectivity index (χ0) is 22.6. The smallest absolute Gasteiger partial charge is 0.454 e. The van der Waals surface area contributed by atoms with Crippen LogP contribution in [0, 0.1) is 0 Å². The van der Waals surface area contributed by atoms with Crippen molar-refractivity contribution in [2.75, 3.05) is 12.1 Å². The van der Waals surface area contributed by atoms with E-state index in [1.165, 1.54) is 5.56 Å². The van der Waals surface area contributed by atoms with Gasteiger partial charge in [0.1, 0.15) is 0 Å². The van der Waals surface area contributed by atoms with Crippen LogP contribution >= 0.6 is 0 Å². The third-order valence-electron chi connectivity index (χ3n) is 6.32. The van der Waals surface area contributed by atoms with E-state index in [4.69, 9.17) is 18.8 Å². The van der Waals surface area contributed by atoms with Crippen molar-refractivity contribution in [1.82, 2.24) is 0 Å². The molecule has 6 nitrogen and oxygen atoms in total. The van der Waals surface area contributed by atoms with E-state index in [-0.39, 0.29) is 18.1 Å². The third-order valence-corrected chi connectivity index (χ3v) is 6.32. The van der Waals surface area contributed by atoms with Crippen molar-refractivity contribution < 1.29 is 23.6 Å². The Morgan fingerprint density at radius 2 is 1.48 bits per heavy atom. The fourth-order valence-electron chi connectivity index (χ4n) is 3.59. The van der Waals surface area contributed by atoms with Gasteiger partial charge in [0.25, 0.3) is 5.91 Å². The minimum atomic E-state index is -0.574. The van der Waals surface area contributed by atoms with Crippen molar-refractivity contribution in [3.63, 3.8) is 0 Å². The molecule has 2 heterocycles. The molecular formula is C24H30BNO5. The van der Waals surface area contributed by atoms with Gasteiger partial charge in [0.15, 0.2) is 11.5 Å². The number of nitrogens with one attached hydrogen (secondary N) is 1. The van der Waals surface area contributed by atoms with Crippen molar-refractivity contribution in [1.29, 1.82) is 0 Å². The molecular weight excluding hydrogens is 393 g/mol. The van der Waals surface area contributed by atoms with E-state index in [1.54, 1.807) is 6.07 Å². The van der Waals surface area contributed by atoms with Gasteiger partial charge in [-0.1, -0.05) is 39.0 Å². The SMILES string of the molecule is CC(C)(C)c1ccc(C(=O)Nc2ccc(B3OC(C)(C)C(C)(C)O3)c3c2OCO3)cc1. The van der Waals surface area contributed by atoms with Crippen molar-refractivity contribution in [3.8, 4) is 11.5 Å². The molecule has 0 bridgehead atoms. The Labute approximate surface area is 184 Å². The van der Waals surface area contributed by atoms with E-state index in [0.29, 0.717) is 22.7 Å². The number of hydrogen-bond acceptors (Lipinski definition) is 5. The van der Waals surface area contributed by atoms with Crippen LogP contribution in [0.25, 0.3) is 0 Å². The van der Waals surface area contributed by atoms with Gasteiger partial charge in [-0.05, 0) is 56.9 Å². The zero-order valence-corrected chi connectivity index (χ0v) is 19.3. The molecule has 0 aliphatic carbocycles. The summed E-state index contributed by atoms with van der Waals surface area (Å²) in [4.78, 5) is 12.8. The van der Waals surface area contributed by atoms with E-state index in [2.05, 4.69) is 26.1 Å².